The summed E-state index contributed by atoms with van der Waals surface area (Å²) in [5.41, 5.74) is 0. The Balaban J connectivity index is 2.61. The third-order valence-electron chi connectivity index (χ3n) is 14.8. The van der Waals surface area contributed by atoms with Crippen LogP contribution in [0.1, 0.15) is 316 Å². The normalized spacial score (nSPS) is 18.1. The van der Waals surface area contributed by atoms with Crippen LogP contribution in [0.5, 0.6) is 0 Å². The second-order valence-electron chi connectivity index (χ2n) is 22.1. The Morgan fingerprint density at radius 2 is 0.760 bits per heavy atom. The average molecular weight is 1070 g/mol. The molecule has 0 aliphatic carbocycles. The lowest BCUT2D eigenvalue weighted by Crippen LogP contribution is -2.61. The van der Waals surface area contributed by atoms with Crippen molar-refractivity contribution in [2.45, 2.75) is 353 Å². The van der Waals surface area contributed by atoms with E-state index in [-0.39, 0.29) is 25.9 Å². The van der Waals surface area contributed by atoms with Crippen molar-refractivity contribution in [2.24, 2.45) is 0 Å². The summed E-state index contributed by atoms with van der Waals surface area (Å²) in [5.74, 6) is -3.09. The number of unbranched alkanes of at least 4 members (excludes halogenated alkanes) is 39. The van der Waals surface area contributed by atoms with Crippen LogP contribution in [0.2, 0.25) is 0 Å². The van der Waals surface area contributed by atoms with E-state index in [1.807, 2.05) is 0 Å². The molecule has 75 heavy (non-hydrogen) atoms. The minimum atomic E-state index is -1.90. The topological polar surface area (TPSA) is 175 Å². The van der Waals surface area contributed by atoms with Crippen LogP contribution in [0.4, 0.5) is 0 Å². The number of carboxylic acids is 1. The van der Waals surface area contributed by atoms with Crippen LogP contribution in [-0.4, -0.2) is 89.2 Å². The van der Waals surface area contributed by atoms with Gasteiger partial charge in [-0.2, -0.15) is 0 Å². The molecule has 1 heterocycles. The third kappa shape index (κ3) is 42.1. The number of aliphatic carboxylic acids is 1. The van der Waals surface area contributed by atoms with Crippen molar-refractivity contribution in [3.05, 3.63) is 12.2 Å². The van der Waals surface area contributed by atoms with E-state index >= 15 is 0 Å². The molecule has 12 heteroatoms. The van der Waals surface area contributed by atoms with E-state index in [4.69, 9.17) is 23.7 Å². The molecule has 0 bridgehead atoms. The van der Waals surface area contributed by atoms with Gasteiger partial charge < -0.3 is 39.0 Å². The van der Waals surface area contributed by atoms with Gasteiger partial charge >= 0.3 is 23.9 Å². The largest absolute Gasteiger partial charge is 0.479 e. The van der Waals surface area contributed by atoms with Crippen LogP contribution in [0.15, 0.2) is 12.2 Å². The standard InChI is InChI=1S/C63H116O12/c1-4-7-10-13-16-19-22-24-26-27-28-29-31-33-36-39-42-45-48-51-57(66)74-61-59(68)58(67)60(62(69)70)75-63(61)72-53-54(73-56(65)50-47-44-41-38-34-21-18-15-12-9-6-3)52-71-55(64)49-46-43-40-37-35-32-30-25-23-20-17-14-11-8-5-2/h25,30,54,58-61,63,67-68H,4-24,26-29,31-53H2,1-3H3,(H,69,70)/b30-25-. The van der Waals surface area contributed by atoms with E-state index in [0.717, 1.165) is 77.0 Å². The van der Waals surface area contributed by atoms with Crippen molar-refractivity contribution >= 4 is 23.9 Å². The molecule has 1 saturated heterocycles. The Kier molecular flexibility index (Phi) is 49.0. The maximum atomic E-state index is 13.1. The molecular weight excluding hydrogens is 949 g/mol. The number of aliphatic hydroxyl groups excluding tert-OH is 2. The molecule has 1 aliphatic rings. The second-order valence-corrected chi connectivity index (χ2v) is 22.1. The summed E-state index contributed by atoms with van der Waals surface area (Å²) >= 11 is 0. The van der Waals surface area contributed by atoms with Crippen LogP contribution < -0.4 is 0 Å². The fraction of sp³-hybridized carbons (Fsp3) is 0.905. The number of aliphatic hydroxyl groups is 2. The number of carbonyl (C=O) groups excluding carboxylic acids is 3. The average Bonchev–Trinajstić information content (AvgIpc) is 3.39. The van der Waals surface area contributed by atoms with Crippen LogP contribution in [0, 0.1) is 0 Å². The highest BCUT2D eigenvalue weighted by Gasteiger charge is 2.50. The van der Waals surface area contributed by atoms with Crippen molar-refractivity contribution in [3.63, 3.8) is 0 Å². The highest BCUT2D eigenvalue weighted by molar-refractivity contribution is 5.74. The predicted octanol–water partition coefficient (Wildman–Crippen LogP) is 16.5. The smallest absolute Gasteiger partial charge is 0.335 e. The maximum absolute atomic E-state index is 13.1. The van der Waals surface area contributed by atoms with Gasteiger partial charge in [-0.3, -0.25) is 14.4 Å². The highest BCUT2D eigenvalue weighted by Crippen LogP contribution is 2.27. The van der Waals surface area contributed by atoms with E-state index in [1.54, 1.807) is 0 Å². The summed E-state index contributed by atoms with van der Waals surface area (Å²) in [7, 11) is 0. The summed E-state index contributed by atoms with van der Waals surface area (Å²) < 4.78 is 28.5. The zero-order valence-corrected chi connectivity index (χ0v) is 48.6. The first-order chi connectivity index (χ1) is 36.6. The monoisotopic (exact) mass is 1060 g/mol. The quantitative estimate of drug-likeness (QED) is 0.0228. The van der Waals surface area contributed by atoms with E-state index in [9.17, 15) is 34.5 Å². The molecule has 6 unspecified atom stereocenters. The number of carboxylic acid groups (broad SMARTS) is 1. The SMILES string of the molecule is CCCCCCCC/C=C\CCCCCCCC(=O)OCC(COC1OC(C(=O)O)C(O)C(O)C1OC(=O)CCCCCCCCCCCCCCCCCCCCC)OC(=O)CCCCCCCCCCCCC. The Labute approximate surface area is 458 Å². The van der Waals surface area contributed by atoms with Crippen LogP contribution >= 0.6 is 0 Å². The summed E-state index contributed by atoms with van der Waals surface area (Å²) in [4.78, 5) is 51.1. The molecule has 0 amide bonds. The molecule has 0 aromatic heterocycles. The number of hydrogen-bond donors (Lipinski definition) is 3. The molecule has 440 valence electrons. The molecule has 0 radical (unpaired) electrons. The van der Waals surface area contributed by atoms with Crippen LogP contribution in [-0.2, 0) is 42.9 Å². The molecule has 0 aromatic carbocycles. The lowest BCUT2D eigenvalue weighted by molar-refractivity contribution is -0.301. The minimum absolute atomic E-state index is 0.0686. The summed E-state index contributed by atoms with van der Waals surface area (Å²) in [6.45, 7) is 6.02. The molecule has 3 N–H and O–H groups in total. The Bertz CT molecular complexity index is 1360. The molecule has 12 nitrogen and oxygen atoms in total. The third-order valence-corrected chi connectivity index (χ3v) is 14.8. The number of allylic oxidation sites excluding steroid dienone is 2. The van der Waals surface area contributed by atoms with Crippen molar-refractivity contribution < 1.29 is 58.2 Å². The van der Waals surface area contributed by atoms with Gasteiger partial charge in [0.1, 0.15) is 18.8 Å². The van der Waals surface area contributed by atoms with Crippen molar-refractivity contribution in [2.75, 3.05) is 13.2 Å². The predicted molar refractivity (Wildman–Crippen MR) is 304 cm³/mol. The highest BCUT2D eigenvalue weighted by atomic mass is 16.7. The van der Waals surface area contributed by atoms with Crippen molar-refractivity contribution in [1.82, 2.24) is 0 Å². The van der Waals surface area contributed by atoms with Gasteiger partial charge in [-0.15, -0.1) is 0 Å². The van der Waals surface area contributed by atoms with E-state index < -0.39 is 67.3 Å². The van der Waals surface area contributed by atoms with Gasteiger partial charge in [-0.25, -0.2) is 4.79 Å². The van der Waals surface area contributed by atoms with Gasteiger partial charge in [0.25, 0.3) is 0 Å². The van der Waals surface area contributed by atoms with Crippen LogP contribution in [0.25, 0.3) is 0 Å². The van der Waals surface area contributed by atoms with Gasteiger partial charge in [-0.05, 0) is 44.9 Å². The maximum Gasteiger partial charge on any atom is 0.335 e. The molecule has 1 rings (SSSR count). The van der Waals surface area contributed by atoms with Crippen LogP contribution in [0.3, 0.4) is 0 Å². The van der Waals surface area contributed by atoms with Gasteiger partial charge in [-0.1, -0.05) is 264 Å². The Hall–Kier alpha value is -2.54. The summed E-state index contributed by atoms with van der Waals surface area (Å²) in [6.07, 6.45) is 46.1. The molecule has 6 atom stereocenters. The molecule has 1 fully saturated rings. The zero-order valence-electron chi connectivity index (χ0n) is 48.6. The number of esters is 3. The first-order valence-electron chi connectivity index (χ1n) is 31.7. The zero-order chi connectivity index (χ0) is 54.7. The fourth-order valence-electron chi connectivity index (χ4n) is 9.95. The molecule has 0 saturated carbocycles. The fourth-order valence-corrected chi connectivity index (χ4v) is 9.95. The van der Waals surface area contributed by atoms with Gasteiger partial charge in [0.2, 0.25) is 0 Å². The lowest BCUT2D eigenvalue weighted by atomic mass is 9.98. The number of hydrogen-bond acceptors (Lipinski definition) is 11. The van der Waals surface area contributed by atoms with Gasteiger partial charge in [0.15, 0.2) is 24.6 Å². The minimum Gasteiger partial charge on any atom is -0.479 e. The van der Waals surface area contributed by atoms with Crippen molar-refractivity contribution in [1.29, 1.82) is 0 Å². The summed E-state index contributed by atoms with van der Waals surface area (Å²) in [5, 5.41) is 31.5. The molecule has 0 spiro atoms. The van der Waals surface area contributed by atoms with Gasteiger partial charge in [0.05, 0.1) is 6.61 Å². The molecule has 1 aliphatic heterocycles. The molecular formula is C63H116O12. The van der Waals surface area contributed by atoms with Gasteiger partial charge in [0, 0.05) is 19.3 Å². The number of rotatable bonds is 55. The number of carbonyl (C=O) groups is 4. The first-order valence-corrected chi connectivity index (χ1v) is 31.7. The number of ether oxygens (including phenoxy) is 5. The van der Waals surface area contributed by atoms with E-state index in [0.29, 0.717) is 19.3 Å². The Morgan fingerprint density at radius 3 is 1.13 bits per heavy atom. The second kappa shape index (κ2) is 52.2. The lowest BCUT2D eigenvalue weighted by Gasteiger charge is -2.40. The molecule has 0 aromatic rings. The first kappa shape index (κ1) is 70.5. The van der Waals surface area contributed by atoms with E-state index in [1.165, 1.54) is 180 Å². The Morgan fingerprint density at radius 1 is 0.427 bits per heavy atom. The van der Waals surface area contributed by atoms with E-state index in [2.05, 4.69) is 32.9 Å². The van der Waals surface area contributed by atoms with Crippen molar-refractivity contribution in [3.8, 4) is 0 Å². The summed E-state index contributed by atoms with van der Waals surface area (Å²) in [6, 6.07) is 0.